The summed E-state index contributed by atoms with van der Waals surface area (Å²) in [4.78, 5) is 23.4. The molecule has 9 heteroatoms. The molecule has 0 rings (SSSR count). The van der Waals surface area contributed by atoms with Crippen LogP contribution in [-0.2, 0) is 18.4 Å². The summed E-state index contributed by atoms with van der Waals surface area (Å²) < 4.78 is 23.8. The summed E-state index contributed by atoms with van der Waals surface area (Å²) in [6, 6.07) is -0.883. The molecule has 472 valence electrons. The van der Waals surface area contributed by atoms with Crippen LogP contribution in [0, 0.1) is 0 Å². The molecule has 0 aliphatic rings. The second-order valence-electron chi connectivity index (χ2n) is 23.8. The van der Waals surface area contributed by atoms with Crippen LogP contribution < -0.4 is 5.32 Å². The van der Waals surface area contributed by atoms with Gasteiger partial charge in [-0.15, -0.1) is 0 Å². The largest absolute Gasteiger partial charge is 0.472 e. The van der Waals surface area contributed by atoms with Gasteiger partial charge in [0, 0.05) is 6.42 Å². The molecule has 0 heterocycles. The van der Waals surface area contributed by atoms with E-state index >= 15 is 0 Å². The molecule has 0 spiro atoms. The predicted molar refractivity (Wildman–Crippen MR) is 359 cm³/mol. The quantitative estimate of drug-likeness (QED) is 0.0243. The van der Waals surface area contributed by atoms with Gasteiger partial charge in [-0.1, -0.05) is 302 Å². The molecule has 0 aromatic carbocycles. The van der Waals surface area contributed by atoms with Gasteiger partial charge in [0.15, 0.2) is 0 Å². The minimum absolute atomic E-state index is 0.0467. The number of allylic oxidation sites excluding steroid dienone is 19. The molecule has 0 fully saturated rings. The number of carbonyl (C=O) groups is 1. The summed E-state index contributed by atoms with van der Waals surface area (Å²) >= 11 is 0. The van der Waals surface area contributed by atoms with E-state index < -0.39 is 20.0 Å². The van der Waals surface area contributed by atoms with Crippen LogP contribution >= 0.6 is 7.82 Å². The average Bonchev–Trinajstić information content (AvgIpc) is 3.47. The lowest BCUT2D eigenvalue weighted by atomic mass is 10.0. The van der Waals surface area contributed by atoms with E-state index in [2.05, 4.69) is 129 Å². The maximum atomic E-state index is 13.0. The van der Waals surface area contributed by atoms with E-state index in [1.165, 1.54) is 154 Å². The average molecular weight is 1160 g/mol. The Morgan fingerprint density at radius 2 is 0.744 bits per heavy atom. The molecule has 0 aromatic rings. The van der Waals surface area contributed by atoms with Gasteiger partial charge >= 0.3 is 7.82 Å². The molecule has 0 radical (unpaired) electrons. The Labute approximate surface area is 507 Å². The molecule has 0 aromatic heterocycles. The van der Waals surface area contributed by atoms with E-state index in [9.17, 15) is 19.4 Å². The fourth-order valence-electron chi connectivity index (χ4n) is 9.43. The van der Waals surface area contributed by atoms with Gasteiger partial charge < -0.3 is 19.8 Å². The van der Waals surface area contributed by atoms with Crippen LogP contribution in [0.5, 0.6) is 0 Å². The maximum Gasteiger partial charge on any atom is 0.472 e. The Hall–Kier alpha value is -3.10. The number of hydrogen-bond donors (Lipinski definition) is 3. The molecule has 0 aliphatic heterocycles. The zero-order valence-electron chi connectivity index (χ0n) is 53.9. The molecule has 0 aliphatic carbocycles. The van der Waals surface area contributed by atoms with E-state index in [0.29, 0.717) is 17.4 Å². The van der Waals surface area contributed by atoms with Crippen molar-refractivity contribution in [3.8, 4) is 0 Å². The highest BCUT2D eigenvalue weighted by atomic mass is 31.2. The van der Waals surface area contributed by atoms with Crippen LogP contribution in [0.3, 0.4) is 0 Å². The van der Waals surface area contributed by atoms with Crippen LogP contribution in [0.4, 0.5) is 0 Å². The van der Waals surface area contributed by atoms with Crippen molar-refractivity contribution < 1.29 is 32.9 Å². The first-order valence-electron chi connectivity index (χ1n) is 33.9. The molecule has 82 heavy (non-hydrogen) atoms. The number of nitrogens with zero attached hydrogens (tertiary/aromatic N) is 1. The van der Waals surface area contributed by atoms with Crippen LogP contribution in [0.2, 0.25) is 0 Å². The van der Waals surface area contributed by atoms with Crippen molar-refractivity contribution in [3.63, 3.8) is 0 Å². The number of hydrogen-bond acceptors (Lipinski definition) is 5. The number of phosphoric acid groups is 1. The highest BCUT2D eigenvalue weighted by Gasteiger charge is 2.27. The van der Waals surface area contributed by atoms with Gasteiger partial charge in [0.25, 0.3) is 0 Å². The lowest BCUT2D eigenvalue weighted by Gasteiger charge is -2.25. The molecular weight excluding hydrogens is 1030 g/mol. The Morgan fingerprint density at radius 1 is 0.427 bits per heavy atom. The first kappa shape index (κ1) is 78.9. The van der Waals surface area contributed by atoms with Crippen molar-refractivity contribution in [2.75, 3.05) is 40.9 Å². The predicted octanol–water partition coefficient (Wildman–Crippen LogP) is 21.7. The van der Waals surface area contributed by atoms with Crippen LogP contribution in [0.25, 0.3) is 0 Å². The van der Waals surface area contributed by atoms with Crippen molar-refractivity contribution in [1.29, 1.82) is 0 Å². The minimum Gasteiger partial charge on any atom is -0.387 e. The van der Waals surface area contributed by atoms with Crippen molar-refractivity contribution in [3.05, 3.63) is 122 Å². The number of amides is 1. The van der Waals surface area contributed by atoms with Crippen molar-refractivity contribution in [2.24, 2.45) is 0 Å². The molecular formula is C73H130N2O6P+. The number of aliphatic hydroxyl groups is 1. The van der Waals surface area contributed by atoms with Gasteiger partial charge in [0.2, 0.25) is 5.91 Å². The Bertz CT molecular complexity index is 1750. The normalized spacial score (nSPS) is 14.5. The smallest absolute Gasteiger partial charge is 0.387 e. The fourth-order valence-corrected chi connectivity index (χ4v) is 10.2. The summed E-state index contributed by atoms with van der Waals surface area (Å²) in [5, 5.41) is 14.0. The molecule has 1 amide bonds. The zero-order valence-corrected chi connectivity index (χ0v) is 54.8. The first-order chi connectivity index (χ1) is 40.0. The number of rotatable bonds is 61. The van der Waals surface area contributed by atoms with Gasteiger partial charge in [-0.05, 0) is 96.3 Å². The molecule has 3 N–H and O–H groups in total. The number of nitrogens with one attached hydrogen (secondary N) is 1. The van der Waals surface area contributed by atoms with Gasteiger partial charge in [0.05, 0.1) is 39.9 Å². The Kier molecular flexibility index (Phi) is 60.1. The van der Waals surface area contributed by atoms with E-state index in [1.54, 1.807) is 6.08 Å². The van der Waals surface area contributed by atoms with Gasteiger partial charge in [0.1, 0.15) is 13.2 Å². The summed E-state index contributed by atoms with van der Waals surface area (Å²) in [7, 11) is 1.53. The highest BCUT2D eigenvalue weighted by Crippen LogP contribution is 2.43. The summed E-state index contributed by atoms with van der Waals surface area (Å²) in [5.41, 5.74) is 0. The zero-order chi connectivity index (χ0) is 59.8. The van der Waals surface area contributed by atoms with Crippen molar-refractivity contribution >= 4 is 13.7 Å². The number of quaternary nitrogens is 1. The van der Waals surface area contributed by atoms with Gasteiger partial charge in [-0.25, -0.2) is 4.57 Å². The lowest BCUT2D eigenvalue weighted by Crippen LogP contribution is -2.45. The van der Waals surface area contributed by atoms with Crippen LogP contribution in [-0.4, -0.2) is 73.4 Å². The van der Waals surface area contributed by atoms with E-state index in [-0.39, 0.29) is 19.1 Å². The van der Waals surface area contributed by atoms with Gasteiger partial charge in [-0.3, -0.25) is 13.8 Å². The van der Waals surface area contributed by atoms with Crippen LogP contribution in [0.15, 0.2) is 122 Å². The standard InChI is InChI=1S/C73H129N2O6P/c1-6-8-10-12-14-16-18-20-22-24-26-28-30-32-34-36-37-39-41-43-45-47-49-51-53-55-57-59-61-63-65-67-73(77)74-71(70-81-82(78,79)80-69-68-75(3,4)5)72(76)66-64-62-60-58-56-54-52-50-48-46-44-42-40-38-35-33-31-29-27-25-23-21-19-17-15-13-11-9-7-2/h8,10,14,16,20,22,26,28,32,34,37,39,43,45,49,51,56,58,64,66,71-72,76H,6-7,9,11-13,15,17-19,21,23-25,27,29-31,33,35-36,38,40-42,44,46-48,50,52-55,57,59-63,65,67-70H2,1-5H3,(H-,74,77,78,79)/p+1/b10-8-,16-14-,22-20-,28-26-,34-32-,39-37-,45-43-,51-49-,58-56+,66-64+. The molecule has 3 atom stereocenters. The van der Waals surface area contributed by atoms with Gasteiger partial charge in [-0.2, -0.15) is 0 Å². The summed E-state index contributed by atoms with van der Waals surface area (Å²) in [6.07, 6.45) is 93.4. The Morgan fingerprint density at radius 3 is 1.12 bits per heavy atom. The number of carbonyl (C=O) groups excluding carboxylic acids is 1. The topological polar surface area (TPSA) is 105 Å². The fraction of sp³-hybridized carbons (Fsp3) is 0.712. The first-order valence-corrected chi connectivity index (χ1v) is 35.4. The highest BCUT2D eigenvalue weighted by molar-refractivity contribution is 7.47. The third kappa shape index (κ3) is 64.5. The second-order valence-corrected chi connectivity index (χ2v) is 25.3. The van der Waals surface area contributed by atoms with E-state index in [0.717, 1.165) is 109 Å². The van der Waals surface area contributed by atoms with E-state index in [1.807, 2.05) is 27.2 Å². The van der Waals surface area contributed by atoms with E-state index in [4.69, 9.17) is 9.05 Å². The summed E-state index contributed by atoms with van der Waals surface area (Å²) in [5.74, 6) is -0.204. The minimum atomic E-state index is -4.38. The van der Waals surface area contributed by atoms with Crippen molar-refractivity contribution in [2.45, 2.75) is 296 Å². The van der Waals surface area contributed by atoms with Crippen LogP contribution in [0.1, 0.15) is 284 Å². The molecule has 0 bridgehead atoms. The molecule has 0 saturated heterocycles. The number of unbranched alkanes of at least 4 members (excludes halogenated alkanes) is 30. The monoisotopic (exact) mass is 1160 g/mol. The summed E-state index contributed by atoms with van der Waals surface area (Å²) in [6.45, 7) is 4.68. The molecule has 8 nitrogen and oxygen atoms in total. The lowest BCUT2D eigenvalue weighted by molar-refractivity contribution is -0.870. The molecule has 0 saturated carbocycles. The third-order valence-corrected chi connectivity index (χ3v) is 15.6. The van der Waals surface area contributed by atoms with Crippen molar-refractivity contribution in [1.82, 2.24) is 5.32 Å². The SMILES string of the molecule is CC/C=C\C/C=C\C/C=C\C/C=C\C/C=C\C/C=C\C/C=C\C/C=C\CCCCCCCCC(=O)NC(COP(=O)(O)OCC[N+](C)(C)C)C(O)/C=C/CC/C=C/CCCCCCCCCCCCCCCCCCCCCCCCC. The number of phosphoric ester groups is 1. The number of aliphatic hydroxyl groups excluding tert-OH is 1. The third-order valence-electron chi connectivity index (χ3n) is 14.7. The maximum absolute atomic E-state index is 13.0. The second kappa shape index (κ2) is 62.4. The number of likely N-dealkylation sites (N-methyl/N-ethyl adjacent to an activating group) is 1. The molecule has 3 unspecified atom stereocenters. The Balaban J connectivity index is 4.23.